The first-order chi connectivity index (χ1) is 18.5. The van der Waals surface area contributed by atoms with Gasteiger partial charge in [0.2, 0.25) is 5.91 Å². The van der Waals surface area contributed by atoms with Crippen molar-refractivity contribution in [1.29, 1.82) is 0 Å². The van der Waals surface area contributed by atoms with Crippen molar-refractivity contribution in [3.8, 4) is 0 Å². The van der Waals surface area contributed by atoms with E-state index in [1.165, 1.54) is 44.1 Å². The van der Waals surface area contributed by atoms with E-state index in [9.17, 15) is 9.59 Å². The highest BCUT2D eigenvalue weighted by atomic mass is 16.2. The minimum Gasteiger partial charge on any atom is -0.356 e. The summed E-state index contributed by atoms with van der Waals surface area (Å²) in [4.78, 5) is 39.7. The first kappa shape index (κ1) is 25.3. The molecule has 1 aromatic carbocycles. The molecule has 7 heteroatoms. The van der Waals surface area contributed by atoms with Crippen molar-refractivity contribution in [2.45, 2.75) is 95.1 Å². The molecule has 2 saturated carbocycles. The number of aryl methyl sites for hydroxylation is 1. The van der Waals surface area contributed by atoms with Gasteiger partial charge in [-0.1, -0.05) is 31.7 Å². The van der Waals surface area contributed by atoms with Crippen LogP contribution in [0.2, 0.25) is 0 Å². The van der Waals surface area contributed by atoms with Crippen LogP contribution < -0.4 is 10.2 Å². The number of hydrogen-bond donors (Lipinski definition) is 1. The van der Waals surface area contributed by atoms with Gasteiger partial charge in [0.25, 0.3) is 5.91 Å². The van der Waals surface area contributed by atoms with Crippen LogP contribution in [0, 0.1) is 5.92 Å². The number of piperidine rings is 1. The average molecular weight is 516 g/mol. The fourth-order valence-corrected chi connectivity index (χ4v) is 6.72. The topological polar surface area (TPSA) is 78.4 Å². The molecule has 1 aliphatic heterocycles. The van der Waals surface area contributed by atoms with Crippen LogP contribution >= 0.6 is 0 Å². The van der Waals surface area contributed by atoms with Gasteiger partial charge in [-0.25, -0.2) is 9.97 Å². The van der Waals surface area contributed by atoms with Crippen molar-refractivity contribution in [3.05, 3.63) is 53.0 Å². The molecule has 2 heterocycles. The Hall–Kier alpha value is -2.96. The third-order valence-electron chi connectivity index (χ3n) is 9.32. The van der Waals surface area contributed by atoms with Crippen LogP contribution in [0.1, 0.15) is 110 Å². The Bertz CT molecular complexity index is 1160. The first-order valence-corrected chi connectivity index (χ1v) is 14.8. The lowest BCUT2D eigenvalue weighted by Gasteiger charge is -2.37. The van der Waals surface area contributed by atoms with Crippen LogP contribution in [0.25, 0.3) is 0 Å². The summed E-state index contributed by atoms with van der Waals surface area (Å²) in [6.45, 7) is 1.78. The number of nitrogens with one attached hydrogen (secondary N) is 1. The van der Waals surface area contributed by atoms with E-state index in [2.05, 4.69) is 21.3 Å². The monoisotopic (exact) mass is 515 g/mol. The lowest BCUT2D eigenvalue weighted by molar-refractivity contribution is -0.122. The third kappa shape index (κ3) is 5.57. The molecule has 1 atom stereocenters. The van der Waals surface area contributed by atoms with Crippen LogP contribution in [-0.2, 0) is 11.2 Å². The number of nitrogens with zero attached hydrogens (tertiary/aromatic N) is 4. The third-order valence-corrected chi connectivity index (χ3v) is 9.32. The number of fused-ring (bicyclic) bond motifs is 1. The van der Waals surface area contributed by atoms with Crippen molar-refractivity contribution < 1.29 is 9.59 Å². The fraction of sp³-hybridized carbons (Fsp3) is 0.613. The molecule has 1 saturated heterocycles. The largest absolute Gasteiger partial charge is 0.356 e. The van der Waals surface area contributed by atoms with Gasteiger partial charge >= 0.3 is 0 Å². The van der Waals surface area contributed by atoms with Crippen LogP contribution in [-0.4, -0.2) is 52.9 Å². The Morgan fingerprint density at radius 3 is 2.58 bits per heavy atom. The second-order valence-corrected chi connectivity index (χ2v) is 11.9. The highest BCUT2D eigenvalue weighted by Crippen LogP contribution is 2.38. The van der Waals surface area contributed by atoms with Gasteiger partial charge in [0.1, 0.15) is 11.6 Å². The molecular formula is C31H41N5O2. The van der Waals surface area contributed by atoms with E-state index < -0.39 is 0 Å². The van der Waals surface area contributed by atoms with E-state index in [0.717, 1.165) is 73.9 Å². The van der Waals surface area contributed by atoms with E-state index in [4.69, 9.17) is 4.98 Å². The standard InChI is InChI=1S/C31H41N5O2/c1-35(25-15-18-36(19-16-25)28-14-17-32-30(34-28)23-8-9-23)31(38)24-10-7-22-11-12-27(26(22)20-24)33-29(37)13-6-21-4-2-3-5-21/h7,10,14,17,20-21,23,25,27H,2-6,8-9,11-13,15-16,18-19H2,1H3,(H,33,37). The molecule has 2 amide bonds. The van der Waals surface area contributed by atoms with Crippen molar-refractivity contribution in [2.24, 2.45) is 5.92 Å². The van der Waals surface area contributed by atoms with Crippen molar-refractivity contribution in [3.63, 3.8) is 0 Å². The summed E-state index contributed by atoms with van der Waals surface area (Å²) in [5, 5.41) is 3.27. The number of aromatic nitrogens is 2. The quantitative estimate of drug-likeness (QED) is 0.525. The molecule has 3 aliphatic carbocycles. The van der Waals surface area contributed by atoms with Crippen LogP contribution in [0.3, 0.4) is 0 Å². The van der Waals surface area contributed by atoms with Crippen molar-refractivity contribution in [2.75, 3.05) is 25.0 Å². The van der Waals surface area contributed by atoms with E-state index in [1.807, 2.05) is 36.3 Å². The molecule has 0 spiro atoms. The van der Waals surface area contributed by atoms with Crippen LogP contribution in [0.15, 0.2) is 30.5 Å². The summed E-state index contributed by atoms with van der Waals surface area (Å²) in [7, 11) is 1.94. The van der Waals surface area contributed by atoms with Gasteiger partial charge in [-0.15, -0.1) is 0 Å². The molecule has 0 radical (unpaired) electrons. The second kappa shape index (κ2) is 11.0. The number of amides is 2. The number of hydrogen-bond acceptors (Lipinski definition) is 5. The number of anilines is 1. The molecule has 2 aromatic rings. The zero-order chi connectivity index (χ0) is 26.1. The van der Waals surface area contributed by atoms with Gasteiger partial charge in [0.15, 0.2) is 0 Å². The van der Waals surface area contributed by atoms with E-state index in [-0.39, 0.29) is 23.9 Å². The Kier molecular flexibility index (Phi) is 7.35. The van der Waals surface area contributed by atoms with E-state index in [1.54, 1.807) is 0 Å². The predicted molar refractivity (Wildman–Crippen MR) is 148 cm³/mol. The lowest BCUT2D eigenvalue weighted by atomic mass is 10.00. The molecule has 38 heavy (non-hydrogen) atoms. The number of benzene rings is 1. The summed E-state index contributed by atoms with van der Waals surface area (Å²) >= 11 is 0. The average Bonchev–Trinajstić information content (AvgIpc) is 3.54. The maximum absolute atomic E-state index is 13.5. The zero-order valence-electron chi connectivity index (χ0n) is 22.7. The van der Waals surface area contributed by atoms with E-state index >= 15 is 0 Å². The Balaban J connectivity index is 1.04. The summed E-state index contributed by atoms with van der Waals surface area (Å²) in [5.74, 6) is 3.50. The zero-order valence-corrected chi connectivity index (χ0v) is 22.7. The summed E-state index contributed by atoms with van der Waals surface area (Å²) in [6, 6.07) is 8.35. The normalized spacial score (nSPS) is 21.9. The molecule has 4 aliphatic rings. The summed E-state index contributed by atoms with van der Waals surface area (Å²) in [5.41, 5.74) is 3.11. The fourth-order valence-electron chi connectivity index (χ4n) is 6.72. The maximum atomic E-state index is 13.5. The molecule has 7 nitrogen and oxygen atoms in total. The smallest absolute Gasteiger partial charge is 0.253 e. The Morgan fingerprint density at radius 2 is 1.82 bits per heavy atom. The summed E-state index contributed by atoms with van der Waals surface area (Å²) < 4.78 is 0. The Morgan fingerprint density at radius 1 is 1.03 bits per heavy atom. The second-order valence-electron chi connectivity index (χ2n) is 11.9. The van der Waals surface area contributed by atoms with Crippen LogP contribution in [0.4, 0.5) is 5.82 Å². The van der Waals surface area contributed by atoms with Gasteiger partial charge < -0.3 is 15.1 Å². The van der Waals surface area contributed by atoms with Gasteiger partial charge in [-0.05, 0) is 80.2 Å². The molecule has 0 bridgehead atoms. The molecule has 202 valence electrons. The first-order valence-electron chi connectivity index (χ1n) is 14.8. The van der Waals surface area contributed by atoms with Gasteiger partial charge in [0.05, 0.1) is 6.04 Å². The molecular weight excluding hydrogens is 474 g/mol. The molecule has 3 fully saturated rings. The predicted octanol–water partition coefficient (Wildman–Crippen LogP) is 5.17. The number of rotatable bonds is 8. The highest BCUT2D eigenvalue weighted by Gasteiger charge is 2.31. The minimum absolute atomic E-state index is 0.0239. The van der Waals surface area contributed by atoms with Crippen molar-refractivity contribution >= 4 is 17.6 Å². The van der Waals surface area contributed by atoms with Gasteiger partial charge in [0, 0.05) is 50.3 Å². The van der Waals surface area contributed by atoms with Crippen molar-refractivity contribution in [1.82, 2.24) is 20.2 Å². The number of carbonyl (C=O) groups excluding carboxylic acids is 2. The molecule has 1 aromatic heterocycles. The molecule has 6 rings (SSSR count). The maximum Gasteiger partial charge on any atom is 0.253 e. The lowest BCUT2D eigenvalue weighted by Crippen LogP contribution is -2.46. The highest BCUT2D eigenvalue weighted by molar-refractivity contribution is 5.94. The SMILES string of the molecule is CN(C(=O)c1ccc2c(c1)C(NC(=O)CCC1CCCC1)CC2)C1CCN(c2ccnc(C3CC3)n2)CC1. The molecule has 1 unspecified atom stereocenters. The van der Waals surface area contributed by atoms with Gasteiger partial charge in [-0.2, -0.15) is 0 Å². The minimum atomic E-state index is 0.0239. The van der Waals surface area contributed by atoms with E-state index in [0.29, 0.717) is 12.3 Å². The Labute approximate surface area is 226 Å². The molecule has 1 N–H and O–H groups in total. The van der Waals surface area contributed by atoms with Gasteiger partial charge in [-0.3, -0.25) is 9.59 Å². The summed E-state index contributed by atoms with van der Waals surface area (Å²) in [6.07, 6.45) is 14.8. The van der Waals surface area contributed by atoms with Crippen LogP contribution in [0.5, 0.6) is 0 Å². The number of carbonyl (C=O) groups is 2.